The summed E-state index contributed by atoms with van der Waals surface area (Å²) >= 11 is 6.88. The van der Waals surface area contributed by atoms with E-state index in [2.05, 4.69) is 89.3 Å². The second kappa shape index (κ2) is 16.7. The van der Waals surface area contributed by atoms with Gasteiger partial charge in [-0.15, -0.1) is 0 Å². The van der Waals surface area contributed by atoms with Gasteiger partial charge in [0.25, 0.3) is 0 Å². The number of fused-ring (bicyclic) bond motifs is 1. The molecule has 1 aliphatic carbocycles. The second-order valence-corrected chi connectivity index (χ2v) is 16.1. The highest BCUT2D eigenvalue weighted by molar-refractivity contribution is 6.32. The van der Waals surface area contributed by atoms with Crippen LogP contribution in [-0.2, 0) is 31.0 Å². The molecule has 0 amide bonds. The molecule has 0 saturated carbocycles. The molecule has 0 spiro atoms. The van der Waals surface area contributed by atoms with Crippen molar-refractivity contribution in [1.82, 2.24) is 14.8 Å². The number of aryl methyl sites for hydroxylation is 1. The van der Waals surface area contributed by atoms with Crippen molar-refractivity contribution in [3.05, 3.63) is 135 Å². The van der Waals surface area contributed by atoms with Gasteiger partial charge in [-0.25, -0.2) is 0 Å². The van der Waals surface area contributed by atoms with Gasteiger partial charge < -0.3 is 19.7 Å². The number of hydrogen-bond donors (Lipinski definition) is 2. The Hall–Kier alpha value is -5.24. The van der Waals surface area contributed by atoms with Crippen LogP contribution in [0.5, 0.6) is 11.5 Å². The Kier molecular flexibility index (Phi) is 11.3. The Bertz CT molecular complexity index is 2360. The summed E-state index contributed by atoms with van der Waals surface area (Å²) in [5, 5.41) is 29.5. The molecule has 57 heavy (non-hydrogen) atoms. The van der Waals surface area contributed by atoms with Crippen LogP contribution in [0, 0.1) is 31.1 Å². The number of rotatable bonds is 12. The molecule has 8 rings (SSSR count). The van der Waals surface area contributed by atoms with Crippen LogP contribution in [0.1, 0.15) is 69.8 Å². The third-order valence-electron chi connectivity index (χ3n) is 12.0. The largest absolute Gasteiger partial charge is 0.488 e. The lowest BCUT2D eigenvalue weighted by molar-refractivity contribution is -0.141. The Balaban J connectivity index is 1.01. The van der Waals surface area contributed by atoms with E-state index in [9.17, 15) is 20.3 Å². The standard InChI is InChI=1S/C47H47ClN4O5/c1-29-36(28-57-46-20-45(56-27-32-17-31(21-49)22-50-23-32)37(19-43(46)48)24-51-15-14-38(53)26-51)5-3-7-40(29)41-8-4-6-39(30(41)2)33-9-11-42-34(18-33)10-12-44(42)52-16-13-35(25-52)47(54)55/h3-9,11,17-20,22-23,35,38,44,53H,10,12-16,24-28H2,1-2H3,(H,54,55). The number of aliphatic hydroxyl groups excluding tert-OH is 1. The molecule has 3 atom stereocenters. The number of nitrogens with zero attached hydrogens (tertiary/aromatic N) is 4. The molecular formula is C47H47ClN4O5. The third-order valence-corrected chi connectivity index (χ3v) is 12.3. The van der Waals surface area contributed by atoms with E-state index in [-0.39, 0.29) is 18.6 Å². The SMILES string of the molecule is Cc1c(COc2cc(OCc3cncc(C#N)c3)c(CN3CCC(O)C3)cc2Cl)cccc1-c1cccc(-c2ccc3c(c2)CCC3N2CCC(C(=O)O)C2)c1C. The summed E-state index contributed by atoms with van der Waals surface area (Å²) in [6.45, 7) is 8.27. The first kappa shape index (κ1) is 38.6. The van der Waals surface area contributed by atoms with Gasteiger partial charge in [0.15, 0.2) is 0 Å². The van der Waals surface area contributed by atoms with Crippen LogP contribution >= 0.6 is 11.6 Å². The van der Waals surface area contributed by atoms with E-state index >= 15 is 0 Å². The van der Waals surface area contributed by atoms with Crippen LogP contribution in [0.25, 0.3) is 22.3 Å². The van der Waals surface area contributed by atoms with Gasteiger partial charge in [0.1, 0.15) is 30.8 Å². The lowest BCUT2D eigenvalue weighted by Gasteiger charge is -2.24. The van der Waals surface area contributed by atoms with Gasteiger partial charge >= 0.3 is 5.97 Å². The molecule has 2 saturated heterocycles. The number of hydrogen-bond acceptors (Lipinski definition) is 8. The van der Waals surface area contributed by atoms with Crippen LogP contribution in [0.15, 0.2) is 85.2 Å². The fourth-order valence-corrected chi connectivity index (χ4v) is 9.11. The molecule has 2 aliphatic heterocycles. The number of carbonyl (C=O) groups is 1. The summed E-state index contributed by atoms with van der Waals surface area (Å²) in [7, 11) is 0. The first-order chi connectivity index (χ1) is 27.6. The Labute approximate surface area is 339 Å². The van der Waals surface area contributed by atoms with Crippen molar-refractivity contribution >= 4 is 17.6 Å². The maximum absolute atomic E-state index is 11.6. The number of carboxylic acid groups (broad SMARTS) is 1. The van der Waals surface area contributed by atoms with Gasteiger partial charge in [0, 0.05) is 61.8 Å². The van der Waals surface area contributed by atoms with Gasteiger partial charge in [-0.3, -0.25) is 19.6 Å². The van der Waals surface area contributed by atoms with E-state index in [1.807, 2.05) is 12.1 Å². The van der Waals surface area contributed by atoms with E-state index in [4.69, 9.17) is 21.1 Å². The molecule has 2 fully saturated rings. The van der Waals surface area contributed by atoms with Gasteiger partial charge in [0.2, 0.25) is 0 Å². The average molecular weight is 783 g/mol. The number of ether oxygens (including phenoxy) is 2. The molecule has 4 aromatic carbocycles. The highest BCUT2D eigenvalue weighted by Gasteiger charge is 2.36. The van der Waals surface area contributed by atoms with Crippen LogP contribution in [0.2, 0.25) is 5.02 Å². The lowest BCUT2D eigenvalue weighted by Crippen LogP contribution is -2.26. The molecule has 5 aromatic rings. The monoisotopic (exact) mass is 782 g/mol. The summed E-state index contributed by atoms with van der Waals surface area (Å²) in [5.41, 5.74) is 12.9. The van der Waals surface area contributed by atoms with E-state index in [1.54, 1.807) is 12.3 Å². The molecule has 2 N–H and O–H groups in total. The number of likely N-dealkylation sites (tertiary alicyclic amines) is 2. The number of aliphatic hydroxyl groups is 1. The maximum Gasteiger partial charge on any atom is 0.307 e. The lowest BCUT2D eigenvalue weighted by atomic mass is 9.89. The number of halogens is 1. The second-order valence-electron chi connectivity index (χ2n) is 15.7. The maximum atomic E-state index is 11.6. The zero-order valence-electron chi connectivity index (χ0n) is 32.4. The van der Waals surface area contributed by atoms with Gasteiger partial charge in [0.05, 0.1) is 22.6 Å². The van der Waals surface area contributed by atoms with E-state index in [0.717, 1.165) is 66.6 Å². The predicted molar refractivity (Wildman–Crippen MR) is 220 cm³/mol. The smallest absolute Gasteiger partial charge is 0.307 e. The molecule has 10 heteroatoms. The molecule has 3 unspecified atom stereocenters. The van der Waals surface area contributed by atoms with Crippen molar-refractivity contribution in [2.75, 3.05) is 26.2 Å². The zero-order chi connectivity index (χ0) is 39.6. The quantitative estimate of drug-likeness (QED) is 0.128. The Morgan fingerprint density at radius 1 is 0.877 bits per heavy atom. The van der Waals surface area contributed by atoms with E-state index in [0.29, 0.717) is 54.4 Å². The summed E-state index contributed by atoms with van der Waals surface area (Å²) in [6, 6.07) is 27.6. The summed E-state index contributed by atoms with van der Waals surface area (Å²) in [5.74, 6) is 0.181. The van der Waals surface area contributed by atoms with Crippen LogP contribution < -0.4 is 9.47 Å². The van der Waals surface area contributed by atoms with Gasteiger partial charge in [-0.05, 0) is 108 Å². The topological polar surface area (TPSA) is 119 Å². The predicted octanol–water partition coefficient (Wildman–Crippen LogP) is 8.68. The van der Waals surface area contributed by atoms with Gasteiger partial charge in [-0.1, -0.05) is 66.2 Å². The van der Waals surface area contributed by atoms with Crippen molar-refractivity contribution in [1.29, 1.82) is 5.26 Å². The number of pyridine rings is 1. The Morgan fingerprint density at radius 3 is 2.44 bits per heavy atom. The number of nitriles is 1. The fourth-order valence-electron chi connectivity index (χ4n) is 8.87. The number of benzene rings is 4. The number of aliphatic carboxylic acids is 1. The van der Waals surface area contributed by atoms with Crippen molar-refractivity contribution in [2.24, 2.45) is 5.92 Å². The highest BCUT2D eigenvalue weighted by atomic mass is 35.5. The highest BCUT2D eigenvalue weighted by Crippen LogP contribution is 2.42. The molecule has 0 radical (unpaired) electrons. The fraction of sp³-hybridized carbons (Fsp3) is 0.340. The minimum atomic E-state index is -0.685. The number of aromatic nitrogens is 1. The van der Waals surface area contributed by atoms with Crippen molar-refractivity contribution in [3.8, 4) is 39.8 Å². The molecule has 3 heterocycles. The van der Waals surface area contributed by atoms with E-state index < -0.39 is 5.97 Å². The normalized spacial score (nSPS) is 19.4. The van der Waals surface area contributed by atoms with Crippen molar-refractivity contribution in [3.63, 3.8) is 0 Å². The number of carboxylic acids is 1. The molecule has 9 nitrogen and oxygen atoms in total. The van der Waals surface area contributed by atoms with Crippen LogP contribution in [0.4, 0.5) is 0 Å². The Morgan fingerprint density at radius 2 is 1.67 bits per heavy atom. The molecule has 292 valence electrons. The minimum absolute atomic E-state index is 0.221. The molecule has 3 aliphatic rings. The van der Waals surface area contributed by atoms with Crippen molar-refractivity contribution in [2.45, 2.75) is 71.4 Å². The van der Waals surface area contributed by atoms with Crippen LogP contribution in [0.3, 0.4) is 0 Å². The molecule has 1 aromatic heterocycles. The first-order valence-electron chi connectivity index (χ1n) is 19.8. The van der Waals surface area contributed by atoms with Crippen molar-refractivity contribution < 1.29 is 24.5 Å². The zero-order valence-corrected chi connectivity index (χ0v) is 33.1. The number of β-amino-alcohol motifs (C(OH)–C–C–N with tert-alkyl or cyclic N) is 1. The van der Waals surface area contributed by atoms with Crippen LogP contribution in [-0.4, -0.2) is 63.2 Å². The average Bonchev–Trinajstić information content (AvgIpc) is 3.98. The molecule has 0 bridgehead atoms. The minimum Gasteiger partial charge on any atom is -0.488 e. The third kappa shape index (κ3) is 8.28. The van der Waals surface area contributed by atoms with Gasteiger partial charge in [-0.2, -0.15) is 5.26 Å². The summed E-state index contributed by atoms with van der Waals surface area (Å²) < 4.78 is 12.8. The van der Waals surface area contributed by atoms with E-state index in [1.165, 1.54) is 39.6 Å². The molecular weight excluding hydrogens is 736 g/mol. The first-order valence-corrected chi connectivity index (χ1v) is 20.1. The summed E-state index contributed by atoms with van der Waals surface area (Å²) in [4.78, 5) is 20.3. The summed E-state index contributed by atoms with van der Waals surface area (Å²) in [6.07, 6.45) is 6.35.